The van der Waals surface area contributed by atoms with E-state index in [-0.39, 0.29) is 24.2 Å². The van der Waals surface area contributed by atoms with Crippen molar-refractivity contribution in [2.75, 3.05) is 18.9 Å². The predicted molar refractivity (Wildman–Crippen MR) is 78.1 cm³/mol. The fourth-order valence-corrected chi connectivity index (χ4v) is 1.83. The van der Waals surface area contributed by atoms with E-state index in [1.165, 1.54) is 0 Å². The first-order chi connectivity index (χ1) is 9.52. The number of ether oxygens (including phenoxy) is 1. The van der Waals surface area contributed by atoms with Gasteiger partial charge in [-0.1, -0.05) is 19.1 Å². The second kappa shape index (κ2) is 8.19. The van der Waals surface area contributed by atoms with E-state index in [9.17, 15) is 9.59 Å². The van der Waals surface area contributed by atoms with Gasteiger partial charge in [-0.15, -0.1) is 0 Å². The summed E-state index contributed by atoms with van der Waals surface area (Å²) in [6.45, 7) is 4.41. The van der Waals surface area contributed by atoms with Gasteiger partial charge in [-0.05, 0) is 30.5 Å². The Kier molecular flexibility index (Phi) is 6.56. The molecule has 0 fully saturated rings. The average Bonchev–Trinajstić information content (AvgIpc) is 2.39. The van der Waals surface area contributed by atoms with Crippen LogP contribution >= 0.6 is 0 Å². The summed E-state index contributed by atoms with van der Waals surface area (Å²) in [5.41, 5.74) is 7.40. The van der Waals surface area contributed by atoms with Crippen LogP contribution in [0.15, 0.2) is 24.3 Å². The number of nitrogens with one attached hydrogen (secondary N) is 1. The number of hydrogen-bond donors (Lipinski definition) is 2. The molecule has 0 bridgehead atoms. The lowest BCUT2D eigenvalue weighted by Crippen LogP contribution is -2.27. The molecule has 0 heterocycles. The van der Waals surface area contributed by atoms with Crippen molar-refractivity contribution in [3.8, 4) is 0 Å². The lowest BCUT2D eigenvalue weighted by molar-refractivity contribution is -0.143. The van der Waals surface area contributed by atoms with Gasteiger partial charge in [-0.25, -0.2) is 0 Å². The van der Waals surface area contributed by atoms with Gasteiger partial charge >= 0.3 is 5.97 Å². The normalized spacial score (nSPS) is 11.7. The van der Waals surface area contributed by atoms with Crippen molar-refractivity contribution in [3.63, 3.8) is 0 Å². The monoisotopic (exact) mass is 278 g/mol. The minimum absolute atomic E-state index is 0.0707. The maximum atomic E-state index is 11.7. The van der Waals surface area contributed by atoms with E-state index in [0.29, 0.717) is 25.3 Å². The standard InChI is InChI=1S/C15H22N2O3/c1-3-20-15(19)8-9-17-14(18)10-11(2)12-4-6-13(16)7-5-12/h4-7,11H,3,8-10,16H2,1-2H3,(H,17,18). The molecule has 1 atom stereocenters. The molecule has 1 amide bonds. The van der Waals surface area contributed by atoms with Crippen LogP contribution in [0.3, 0.4) is 0 Å². The van der Waals surface area contributed by atoms with Crippen molar-refractivity contribution in [2.45, 2.75) is 32.6 Å². The van der Waals surface area contributed by atoms with E-state index in [4.69, 9.17) is 10.5 Å². The predicted octanol–water partition coefficient (Wildman–Crippen LogP) is 1.83. The summed E-state index contributed by atoms with van der Waals surface area (Å²) in [6, 6.07) is 7.49. The molecule has 5 heteroatoms. The molecule has 0 saturated carbocycles. The molecule has 1 unspecified atom stereocenters. The quantitative estimate of drug-likeness (QED) is 0.589. The van der Waals surface area contributed by atoms with E-state index in [0.717, 1.165) is 5.56 Å². The summed E-state index contributed by atoms with van der Waals surface area (Å²) < 4.78 is 4.78. The van der Waals surface area contributed by atoms with Crippen LogP contribution < -0.4 is 11.1 Å². The third-order valence-electron chi connectivity index (χ3n) is 2.95. The Morgan fingerprint density at radius 3 is 2.55 bits per heavy atom. The molecule has 0 aliphatic rings. The molecular formula is C15H22N2O3. The summed E-state index contributed by atoms with van der Waals surface area (Å²) in [7, 11) is 0. The van der Waals surface area contributed by atoms with E-state index in [2.05, 4.69) is 5.32 Å². The van der Waals surface area contributed by atoms with Crippen LogP contribution in [0.2, 0.25) is 0 Å². The molecule has 0 aliphatic heterocycles. The zero-order valence-electron chi connectivity index (χ0n) is 12.0. The Balaban J connectivity index is 2.31. The van der Waals surface area contributed by atoms with E-state index >= 15 is 0 Å². The number of nitrogen functional groups attached to an aromatic ring is 1. The number of carbonyl (C=O) groups excluding carboxylic acids is 2. The summed E-state index contributed by atoms with van der Waals surface area (Å²) in [6.07, 6.45) is 0.586. The summed E-state index contributed by atoms with van der Waals surface area (Å²) >= 11 is 0. The van der Waals surface area contributed by atoms with Crippen LogP contribution in [0.5, 0.6) is 0 Å². The number of carbonyl (C=O) groups is 2. The second-order valence-electron chi connectivity index (χ2n) is 4.68. The third kappa shape index (κ3) is 5.73. The van der Waals surface area contributed by atoms with Crippen LogP contribution in [-0.4, -0.2) is 25.0 Å². The van der Waals surface area contributed by atoms with Crippen LogP contribution in [0.4, 0.5) is 5.69 Å². The van der Waals surface area contributed by atoms with Gasteiger partial charge in [0.15, 0.2) is 0 Å². The maximum absolute atomic E-state index is 11.7. The molecule has 1 aromatic rings. The van der Waals surface area contributed by atoms with E-state index in [1.54, 1.807) is 6.92 Å². The number of nitrogens with two attached hydrogens (primary N) is 1. The van der Waals surface area contributed by atoms with Crippen LogP contribution in [0, 0.1) is 0 Å². The minimum Gasteiger partial charge on any atom is -0.466 e. The van der Waals surface area contributed by atoms with Crippen molar-refractivity contribution < 1.29 is 14.3 Å². The molecule has 0 aromatic heterocycles. The molecule has 0 spiro atoms. The van der Waals surface area contributed by atoms with E-state index in [1.807, 2.05) is 31.2 Å². The highest BCUT2D eigenvalue weighted by Gasteiger charge is 2.11. The van der Waals surface area contributed by atoms with Crippen LogP contribution in [0.1, 0.15) is 38.2 Å². The first kappa shape index (κ1) is 16.0. The van der Waals surface area contributed by atoms with Gasteiger partial charge in [-0.3, -0.25) is 9.59 Å². The highest BCUT2D eigenvalue weighted by Crippen LogP contribution is 2.19. The summed E-state index contributed by atoms with van der Waals surface area (Å²) in [5, 5.41) is 2.72. The van der Waals surface area contributed by atoms with Gasteiger partial charge in [0.25, 0.3) is 0 Å². The average molecular weight is 278 g/mol. The number of rotatable bonds is 7. The SMILES string of the molecule is CCOC(=O)CCNC(=O)CC(C)c1ccc(N)cc1. The van der Waals surface area contributed by atoms with Gasteiger partial charge in [-0.2, -0.15) is 0 Å². The Hall–Kier alpha value is -2.04. The van der Waals surface area contributed by atoms with Crippen molar-refractivity contribution in [1.82, 2.24) is 5.32 Å². The lowest BCUT2D eigenvalue weighted by Gasteiger charge is -2.12. The zero-order chi connectivity index (χ0) is 15.0. The number of anilines is 1. The Labute approximate surface area is 119 Å². The molecule has 0 aliphatic carbocycles. The largest absolute Gasteiger partial charge is 0.466 e. The molecular weight excluding hydrogens is 256 g/mol. The molecule has 0 radical (unpaired) electrons. The van der Waals surface area contributed by atoms with Gasteiger partial charge in [0.05, 0.1) is 13.0 Å². The topological polar surface area (TPSA) is 81.4 Å². The molecule has 0 saturated heterocycles. The smallest absolute Gasteiger partial charge is 0.307 e. The van der Waals surface area contributed by atoms with Gasteiger partial charge in [0.2, 0.25) is 5.91 Å². The summed E-state index contributed by atoms with van der Waals surface area (Å²) in [4.78, 5) is 22.9. The fourth-order valence-electron chi connectivity index (χ4n) is 1.83. The number of esters is 1. The van der Waals surface area contributed by atoms with Crippen molar-refractivity contribution >= 4 is 17.6 Å². The minimum atomic E-state index is -0.292. The van der Waals surface area contributed by atoms with Gasteiger partial charge in [0.1, 0.15) is 0 Å². The highest BCUT2D eigenvalue weighted by atomic mass is 16.5. The Bertz CT molecular complexity index is 443. The van der Waals surface area contributed by atoms with Crippen molar-refractivity contribution in [1.29, 1.82) is 0 Å². The number of hydrogen-bond acceptors (Lipinski definition) is 4. The molecule has 3 N–H and O–H groups in total. The van der Waals surface area contributed by atoms with Crippen molar-refractivity contribution in [2.24, 2.45) is 0 Å². The summed E-state index contributed by atoms with van der Waals surface area (Å²) in [5.74, 6) is -0.254. The third-order valence-corrected chi connectivity index (χ3v) is 2.95. The number of benzene rings is 1. The number of amides is 1. The van der Waals surface area contributed by atoms with Crippen LogP contribution in [0.25, 0.3) is 0 Å². The molecule has 110 valence electrons. The first-order valence-electron chi connectivity index (χ1n) is 6.80. The highest BCUT2D eigenvalue weighted by molar-refractivity contribution is 5.77. The Morgan fingerprint density at radius 2 is 1.95 bits per heavy atom. The second-order valence-corrected chi connectivity index (χ2v) is 4.68. The van der Waals surface area contributed by atoms with Crippen LogP contribution in [-0.2, 0) is 14.3 Å². The zero-order valence-corrected chi connectivity index (χ0v) is 12.0. The first-order valence-corrected chi connectivity index (χ1v) is 6.80. The molecule has 5 nitrogen and oxygen atoms in total. The Morgan fingerprint density at radius 1 is 1.30 bits per heavy atom. The fraction of sp³-hybridized carbons (Fsp3) is 0.467. The maximum Gasteiger partial charge on any atom is 0.307 e. The van der Waals surface area contributed by atoms with Gasteiger partial charge in [0, 0.05) is 18.7 Å². The lowest BCUT2D eigenvalue weighted by atomic mass is 9.97. The van der Waals surface area contributed by atoms with E-state index < -0.39 is 0 Å². The van der Waals surface area contributed by atoms with Gasteiger partial charge < -0.3 is 15.8 Å². The molecule has 1 aromatic carbocycles. The molecule has 1 rings (SSSR count). The molecule has 20 heavy (non-hydrogen) atoms. The van der Waals surface area contributed by atoms with Crippen molar-refractivity contribution in [3.05, 3.63) is 29.8 Å².